The van der Waals surface area contributed by atoms with Crippen molar-refractivity contribution in [3.8, 4) is 0 Å². The molecule has 0 aromatic rings. The first kappa shape index (κ1) is 71.9. The second kappa shape index (κ2) is 53.5. The molecule has 1 amide bonds. The van der Waals surface area contributed by atoms with E-state index in [0.717, 1.165) is 38.5 Å². The van der Waals surface area contributed by atoms with Crippen molar-refractivity contribution in [1.82, 2.24) is 5.32 Å². The first-order valence-corrected chi connectivity index (χ1v) is 32.6. The zero-order chi connectivity index (χ0) is 54.7. The van der Waals surface area contributed by atoms with Crippen LogP contribution in [0.15, 0.2) is 12.2 Å². The number of carbonyl (C=O) groups excluding carboxylic acids is 1. The molecule has 446 valence electrons. The molecule has 8 N–H and O–H groups in total. The smallest absolute Gasteiger partial charge is 0.249 e. The lowest BCUT2D eigenvalue weighted by atomic mass is 9.98. The minimum Gasteiger partial charge on any atom is -0.394 e. The summed E-state index contributed by atoms with van der Waals surface area (Å²) in [5.41, 5.74) is 0. The Labute approximate surface area is 462 Å². The van der Waals surface area contributed by atoms with Crippen molar-refractivity contribution in [3.05, 3.63) is 12.2 Å². The van der Waals surface area contributed by atoms with Crippen molar-refractivity contribution in [1.29, 1.82) is 0 Å². The van der Waals surface area contributed by atoms with Gasteiger partial charge in [0.2, 0.25) is 5.91 Å². The number of rotatable bonds is 57. The summed E-state index contributed by atoms with van der Waals surface area (Å²) in [5.74, 6) is -0.691. The van der Waals surface area contributed by atoms with Crippen LogP contribution in [0, 0.1) is 0 Å². The fourth-order valence-electron chi connectivity index (χ4n) is 10.8. The van der Waals surface area contributed by atoms with Gasteiger partial charge in [0.1, 0.15) is 36.6 Å². The topological polar surface area (TPSA) is 189 Å². The zero-order valence-electron chi connectivity index (χ0n) is 49.1. The number of hydrogen-bond donors (Lipinski definition) is 8. The molecular weight excluding hydrogens is 943 g/mol. The molecule has 1 rings (SSSR count). The van der Waals surface area contributed by atoms with Crippen LogP contribution in [0.25, 0.3) is 0 Å². The van der Waals surface area contributed by atoms with E-state index < -0.39 is 74.2 Å². The lowest BCUT2D eigenvalue weighted by Gasteiger charge is -2.40. The van der Waals surface area contributed by atoms with E-state index >= 15 is 0 Å². The molecule has 1 aliphatic heterocycles. The Morgan fingerprint density at radius 3 is 1.12 bits per heavy atom. The van der Waals surface area contributed by atoms with Crippen LogP contribution in [-0.4, -0.2) is 110 Å². The molecule has 0 aromatic heterocycles. The van der Waals surface area contributed by atoms with E-state index in [2.05, 4.69) is 31.3 Å². The fraction of sp³-hybridized carbons (Fsp3) is 0.953. The summed E-state index contributed by atoms with van der Waals surface area (Å²) in [6.07, 6.45) is 52.7. The van der Waals surface area contributed by atoms with E-state index in [9.17, 15) is 40.5 Å². The van der Waals surface area contributed by atoms with E-state index in [0.29, 0.717) is 19.3 Å². The number of ether oxygens (including phenoxy) is 2. The van der Waals surface area contributed by atoms with Crippen LogP contribution in [0.1, 0.15) is 322 Å². The zero-order valence-corrected chi connectivity index (χ0v) is 49.1. The normalized spacial score (nSPS) is 19.7. The standard InChI is InChI=1S/C64H125NO10/c1-3-5-7-9-11-13-15-17-19-21-23-25-26-27-28-29-30-32-34-36-38-40-42-44-46-48-50-52-57(68)63(73)65-55(54-74-64-62(72)61(71)60(70)58(53-66)75-64)59(69)56(67)51-49-47-45-43-41-39-37-35-33-31-24-22-20-18-16-14-12-10-8-6-4-2/h27-28,55-62,64,66-72H,3-26,29-54H2,1-2H3,(H,65,73)/b28-27-. The lowest BCUT2D eigenvalue weighted by Crippen LogP contribution is -2.60. The monoisotopic (exact) mass is 1070 g/mol. The van der Waals surface area contributed by atoms with Crippen LogP contribution >= 0.6 is 0 Å². The van der Waals surface area contributed by atoms with Crippen molar-refractivity contribution < 1.29 is 50.0 Å². The Balaban J connectivity index is 2.24. The van der Waals surface area contributed by atoms with Crippen molar-refractivity contribution in [2.45, 2.75) is 377 Å². The number of aliphatic hydroxyl groups is 7. The second-order valence-electron chi connectivity index (χ2n) is 23.2. The highest BCUT2D eigenvalue weighted by Gasteiger charge is 2.44. The van der Waals surface area contributed by atoms with Gasteiger partial charge in [-0.05, 0) is 38.5 Å². The molecule has 0 radical (unpaired) electrons. The predicted molar refractivity (Wildman–Crippen MR) is 312 cm³/mol. The van der Waals surface area contributed by atoms with Gasteiger partial charge in [0, 0.05) is 0 Å². The number of amides is 1. The van der Waals surface area contributed by atoms with E-state index in [1.807, 2.05) is 0 Å². The Kier molecular flexibility index (Phi) is 51.3. The highest BCUT2D eigenvalue weighted by Crippen LogP contribution is 2.24. The molecule has 75 heavy (non-hydrogen) atoms. The number of carbonyl (C=O) groups is 1. The van der Waals surface area contributed by atoms with Crippen molar-refractivity contribution in [2.75, 3.05) is 13.2 Å². The minimum absolute atomic E-state index is 0.263. The predicted octanol–water partition coefficient (Wildman–Crippen LogP) is 14.7. The van der Waals surface area contributed by atoms with Gasteiger partial charge in [0.05, 0.1) is 25.4 Å². The van der Waals surface area contributed by atoms with Gasteiger partial charge in [-0.2, -0.15) is 0 Å². The molecule has 11 nitrogen and oxygen atoms in total. The average molecular weight is 1070 g/mol. The lowest BCUT2D eigenvalue weighted by molar-refractivity contribution is -0.303. The highest BCUT2D eigenvalue weighted by atomic mass is 16.7. The van der Waals surface area contributed by atoms with Gasteiger partial charge in [0.25, 0.3) is 0 Å². The molecule has 11 heteroatoms. The van der Waals surface area contributed by atoms with Gasteiger partial charge in [0.15, 0.2) is 6.29 Å². The molecule has 1 fully saturated rings. The van der Waals surface area contributed by atoms with E-state index in [4.69, 9.17) is 9.47 Å². The van der Waals surface area contributed by atoms with Gasteiger partial charge in [-0.3, -0.25) is 4.79 Å². The largest absolute Gasteiger partial charge is 0.394 e. The summed E-state index contributed by atoms with van der Waals surface area (Å²) in [7, 11) is 0. The number of unbranched alkanes of at least 4 members (excludes halogenated alkanes) is 43. The van der Waals surface area contributed by atoms with Crippen LogP contribution in [0.4, 0.5) is 0 Å². The van der Waals surface area contributed by atoms with Gasteiger partial charge in [-0.25, -0.2) is 0 Å². The fourth-order valence-corrected chi connectivity index (χ4v) is 10.8. The summed E-state index contributed by atoms with van der Waals surface area (Å²) < 4.78 is 11.2. The molecule has 0 aliphatic carbocycles. The van der Waals surface area contributed by atoms with Gasteiger partial charge in [-0.15, -0.1) is 0 Å². The maximum atomic E-state index is 13.2. The Morgan fingerprint density at radius 1 is 0.453 bits per heavy atom. The van der Waals surface area contributed by atoms with E-state index in [1.54, 1.807) is 0 Å². The number of nitrogens with one attached hydrogen (secondary N) is 1. The maximum Gasteiger partial charge on any atom is 0.249 e. The van der Waals surface area contributed by atoms with Crippen LogP contribution in [0.3, 0.4) is 0 Å². The highest BCUT2D eigenvalue weighted by molar-refractivity contribution is 5.80. The molecule has 0 saturated carbocycles. The maximum absolute atomic E-state index is 13.2. The average Bonchev–Trinajstić information content (AvgIpc) is 3.41. The van der Waals surface area contributed by atoms with Crippen LogP contribution in [-0.2, 0) is 14.3 Å². The summed E-state index contributed by atoms with van der Waals surface area (Å²) >= 11 is 0. The minimum atomic E-state index is -1.66. The molecular formula is C64H125NO10. The molecule has 0 bridgehead atoms. The Hall–Kier alpha value is -1.15. The molecule has 0 spiro atoms. The van der Waals surface area contributed by atoms with E-state index in [1.165, 1.54) is 244 Å². The van der Waals surface area contributed by atoms with Crippen LogP contribution < -0.4 is 5.32 Å². The summed E-state index contributed by atoms with van der Waals surface area (Å²) in [6.45, 7) is 3.51. The third-order valence-corrected chi connectivity index (χ3v) is 16.1. The molecule has 0 aromatic carbocycles. The van der Waals surface area contributed by atoms with Gasteiger partial charge in [-0.1, -0.05) is 296 Å². The summed E-state index contributed by atoms with van der Waals surface area (Å²) in [5, 5.41) is 76.4. The summed E-state index contributed by atoms with van der Waals surface area (Å²) in [4.78, 5) is 13.2. The third kappa shape index (κ3) is 41.5. The first-order chi connectivity index (χ1) is 36.7. The van der Waals surface area contributed by atoms with Crippen molar-refractivity contribution in [2.24, 2.45) is 0 Å². The van der Waals surface area contributed by atoms with Crippen molar-refractivity contribution in [3.63, 3.8) is 0 Å². The van der Waals surface area contributed by atoms with Crippen molar-refractivity contribution >= 4 is 5.91 Å². The molecule has 9 unspecified atom stereocenters. The van der Waals surface area contributed by atoms with Crippen LogP contribution in [0.5, 0.6) is 0 Å². The third-order valence-electron chi connectivity index (χ3n) is 16.1. The Morgan fingerprint density at radius 2 is 0.773 bits per heavy atom. The molecule has 9 atom stereocenters. The summed E-state index contributed by atoms with van der Waals surface area (Å²) in [6, 6.07) is -1.17. The van der Waals surface area contributed by atoms with E-state index in [-0.39, 0.29) is 6.42 Å². The second-order valence-corrected chi connectivity index (χ2v) is 23.2. The van der Waals surface area contributed by atoms with Gasteiger partial charge < -0.3 is 50.5 Å². The number of hydrogen-bond acceptors (Lipinski definition) is 10. The molecule has 1 saturated heterocycles. The number of allylic oxidation sites excluding steroid dienone is 2. The quantitative estimate of drug-likeness (QED) is 0.0215. The SMILES string of the molecule is CCCCCCCCCCCCCC/C=C\CCCCCCCCCCCCCC(O)C(=O)NC(COC1OC(CO)C(O)C(O)C1O)C(O)C(O)CCCCCCCCCCCCCCCCCCCCCCC. The van der Waals surface area contributed by atoms with Gasteiger partial charge >= 0.3 is 0 Å². The van der Waals surface area contributed by atoms with Crippen LogP contribution in [0.2, 0.25) is 0 Å². The molecule has 1 aliphatic rings. The first-order valence-electron chi connectivity index (χ1n) is 32.6. The molecule has 1 heterocycles. The Bertz CT molecular complexity index is 1220. The number of aliphatic hydroxyl groups excluding tert-OH is 7.